The summed E-state index contributed by atoms with van der Waals surface area (Å²) in [6, 6.07) is 11.2. The SMILES string of the molecule is Cc1nc(-c2cccs2)sc1C(=O)N1CCN(CC(=O)Nc2ccccc2Cl)CC1. The monoisotopic (exact) mass is 460 g/mol. The number of benzene rings is 1. The van der Waals surface area contributed by atoms with Gasteiger partial charge in [-0.25, -0.2) is 4.98 Å². The van der Waals surface area contributed by atoms with E-state index in [1.807, 2.05) is 46.4 Å². The Bertz CT molecular complexity index is 1040. The minimum Gasteiger partial charge on any atom is -0.335 e. The first-order chi connectivity index (χ1) is 14.5. The number of aromatic nitrogens is 1. The minimum atomic E-state index is -0.109. The highest BCUT2D eigenvalue weighted by Crippen LogP contribution is 2.31. The molecular formula is C21H21ClN4O2S2. The molecule has 3 heterocycles. The quantitative estimate of drug-likeness (QED) is 0.618. The van der Waals surface area contributed by atoms with Gasteiger partial charge in [-0.05, 0) is 30.5 Å². The van der Waals surface area contributed by atoms with Crippen LogP contribution in [-0.2, 0) is 4.79 Å². The average molecular weight is 461 g/mol. The number of amides is 2. The molecule has 1 aromatic carbocycles. The normalized spacial score (nSPS) is 14.7. The van der Waals surface area contributed by atoms with Gasteiger partial charge in [-0.2, -0.15) is 0 Å². The van der Waals surface area contributed by atoms with Gasteiger partial charge in [0, 0.05) is 26.2 Å². The number of hydrogen-bond donors (Lipinski definition) is 1. The lowest BCUT2D eigenvalue weighted by Gasteiger charge is -2.34. The minimum absolute atomic E-state index is 0.0213. The van der Waals surface area contributed by atoms with Gasteiger partial charge in [-0.3, -0.25) is 14.5 Å². The summed E-state index contributed by atoms with van der Waals surface area (Å²) in [6.45, 7) is 4.63. The standard InChI is InChI=1S/C21H21ClN4O2S2/c1-14-19(30-20(23-14)17-7-4-12-29-17)21(28)26-10-8-25(9-11-26)13-18(27)24-16-6-3-2-5-15(16)22/h2-7,12H,8-11,13H2,1H3,(H,24,27). The molecule has 0 atom stereocenters. The summed E-state index contributed by atoms with van der Waals surface area (Å²) in [4.78, 5) is 35.6. The van der Waals surface area contributed by atoms with E-state index in [0.717, 1.165) is 15.6 Å². The van der Waals surface area contributed by atoms with Crippen molar-refractivity contribution in [2.24, 2.45) is 0 Å². The number of nitrogens with zero attached hydrogens (tertiary/aromatic N) is 3. The first kappa shape index (κ1) is 21.0. The number of para-hydroxylation sites is 1. The molecule has 1 fully saturated rings. The van der Waals surface area contributed by atoms with Gasteiger partial charge in [0.1, 0.15) is 9.88 Å². The van der Waals surface area contributed by atoms with E-state index in [-0.39, 0.29) is 18.4 Å². The van der Waals surface area contributed by atoms with Crippen LogP contribution in [0.1, 0.15) is 15.4 Å². The third-order valence-electron chi connectivity index (χ3n) is 4.90. The Kier molecular flexibility index (Phi) is 6.48. The van der Waals surface area contributed by atoms with Crippen molar-refractivity contribution >= 4 is 51.8 Å². The molecule has 1 aliphatic rings. The molecule has 156 valence electrons. The van der Waals surface area contributed by atoms with Gasteiger partial charge in [0.25, 0.3) is 5.91 Å². The van der Waals surface area contributed by atoms with Crippen LogP contribution in [-0.4, -0.2) is 59.3 Å². The van der Waals surface area contributed by atoms with Gasteiger partial charge < -0.3 is 10.2 Å². The van der Waals surface area contributed by atoms with E-state index in [1.54, 1.807) is 23.5 Å². The predicted octanol–water partition coefficient (Wildman–Crippen LogP) is 4.23. The van der Waals surface area contributed by atoms with Crippen LogP contribution in [0.2, 0.25) is 5.02 Å². The van der Waals surface area contributed by atoms with E-state index in [0.29, 0.717) is 41.8 Å². The first-order valence-electron chi connectivity index (χ1n) is 9.58. The zero-order valence-corrected chi connectivity index (χ0v) is 18.8. The summed E-state index contributed by atoms with van der Waals surface area (Å²) >= 11 is 9.17. The number of hydrogen-bond acceptors (Lipinski definition) is 6. The molecule has 0 saturated carbocycles. The second kappa shape index (κ2) is 9.26. The highest BCUT2D eigenvalue weighted by molar-refractivity contribution is 7.22. The Morgan fingerprint density at radius 3 is 2.60 bits per heavy atom. The number of carbonyl (C=O) groups excluding carboxylic acids is 2. The van der Waals surface area contributed by atoms with Gasteiger partial charge in [0.15, 0.2) is 0 Å². The maximum absolute atomic E-state index is 13.0. The molecule has 1 N–H and O–H groups in total. The lowest BCUT2D eigenvalue weighted by atomic mass is 10.2. The van der Waals surface area contributed by atoms with Crippen LogP contribution in [0.3, 0.4) is 0 Å². The molecule has 6 nitrogen and oxygen atoms in total. The summed E-state index contributed by atoms with van der Waals surface area (Å²) < 4.78 is 0. The molecule has 0 bridgehead atoms. The van der Waals surface area contributed by atoms with Crippen LogP contribution in [0.15, 0.2) is 41.8 Å². The Morgan fingerprint density at radius 1 is 1.13 bits per heavy atom. The van der Waals surface area contributed by atoms with Crippen LogP contribution < -0.4 is 5.32 Å². The Hall–Kier alpha value is -2.26. The average Bonchev–Trinajstić information content (AvgIpc) is 3.39. The van der Waals surface area contributed by atoms with Crippen molar-refractivity contribution in [1.29, 1.82) is 0 Å². The number of rotatable bonds is 5. The van der Waals surface area contributed by atoms with E-state index in [1.165, 1.54) is 11.3 Å². The fourth-order valence-electron chi connectivity index (χ4n) is 3.31. The van der Waals surface area contributed by atoms with Crippen LogP contribution in [0.4, 0.5) is 5.69 Å². The molecule has 0 aliphatic carbocycles. The molecule has 2 aromatic heterocycles. The third kappa shape index (κ3) is 4.73. The van der Waals surface area contributed by atoms with Crippen LogP contribution in [0.25, 0.3) is 9.88 Å². The van der Waals surface area contributed by atoms with Crippen molar-refractivity contribution in [3.8, 4) is 9.88 Å². The lowest BCUT2D eigenvalue weighted by molar-refractivity contribution is -0.117. The van der Waals surface area contributed by atoms with E-state index < -0.39 is 0 Å². The number of thiophene rings is 1. The van der Waals surface area contributed by atoms with E-state index in [2.05, 4.69) is 10.3 Å². The van der Waals surface area contributed by atoms with Gasteiger partial charge in [-0.15, -0.1) is 22.7 Å². The molecule has 9 heteroatoms. The van der Waals surface area contributed by atoms with Crippen LogP contribution in [0, 0.1) is 6.92 Å². The van der Waals surface area contributed by atoms with Gasteiger partial charge >= 0.3 is 0 Å². The van der Waals surface area contributed by atoms with Crippen molar-refractivity contribution < 1.29 is 9.59 Å². The number of carbonyl (C=O) groups is 2. The topological polar surface area (TPSA) is 65.5 Å². The third-order valence-corrected chi connectivity index (χ3v) is 7.41. The maximum Gasteiger partial charge on any atom is 0.265 e. The van der Waals surface area contributed by atoms with Crippen molar-refractivity contribution in [3.63, 3.8) is 0 Å². The summed E-state index contributed by atoms with van der Waals surface area (Å²) in [6.07, 6.45) is 0. The molecule has 1 saturated heterocycles. The number of halogens is 1. The predicted molar refractivity (Wildman–Crippen MR) is 123 cm³/mol. The molecule has 0 spiro atoms. The molecule has 30 heavy (non-hydrogen) atoms. The molecule has 0 unspecified atom stereocenters. The highest BCUT2D eigenvalue weighted by atomic mass is 35.5. The van der Waals surface area contributed by atoms with Gasteiger partial charge in [-0.1, -0.05) is 29.8 Å². The molecule has 3 aromatic rings. The van der Waals surface area contributed by atoms with Crippen molar-refractivity contribution in [2.45, 2.75) is 6.92 Å². The molecule has 1 aliphatic heterocycles. The number of thiazole rings is 1. The zero-order chi connectivity index (χ0) is 21.1. The highest BCUT2D eigenvalue weighted by Gasteiger charge is 2.26. The zero-order valence-electron chi connectivity index (χ0n) is 16.4. The summed E-state index contributed by atoms with van der Waals surface area (Å²) in [7, 11) is 0. The van der Waals surface area contributed by atoms with E-state index >= 15 is 0 Å². The summed E-state index contributed by atoms with van der Waals surface area (Å²) in [5, 5.41) is 6.26. The van der Waals surface area contributed by atoms with Crippen molar-refractivity contribution in [2.75, 3.05) is 38.0 Å². The summed E-state index contributed by atoms with van der Waals surface area (Å²) in [5.74, 6) is -0.0882. The maximum atomic E-state index is 13.0. The largest absolute Gasteiger partial charge is 0.335 e. The molecular weight excluding hydrogens is 440 g/mol. The molecule has 4 rings (SSSR count). The van der Waals surface area contributed by atoms with Gasteiger partial charge in [0.05, 0.1) is 27.8 Å². The Balaban J connectivity index is 1.32. The second-order valence-corrected chi connectivity index (χ2v) is 9.36. The second-order valence-electron chi connectivity index (χ2n) is 7.01. The number of anilines is 1. The fourth-order valence-corrected chi connectivity index (χ4v) is 5.32. The number of nitrogens with one attached hydrogen (secondary N) is 1. The number of piperazine rings is 1. The van der Waals surface area contributed by atoms with Crippen LogP contribution >= 0.6 is 34.3 Å². The van der Waals surface area contributed by atoms with Crippen molar-refractivity contribution in [1.82, 2.24) is 14.8 Å². The van der Waals surface area contributed by atoms with Gasteiger partial charge in [0.2, 0.25) is 5.91 Å². The fraction of sp³-hybridized carbons (Fsp3) is 0.286. The Labute approximate surface area is 188 Å². The lowest BCUT2D eigenvalue weighted by Crippen LogP contribution is -2.50. The van der Waals surface area contributed by atoms with E-state index in [4.69, 9.17) is 11.6 Å². The summed E-state index contributed by atoms with van der Waals surface area (Å²) in [5.41, 5.74) is 1.38. The van der Waals surface area contributed by atoms with Crippen LogP contribution in [0.5, 0.6) is 0 Å². The van der Waals surface area contributed by atoms with E-state index in [9.17, 15) is 9.59 Å². The molecule has 0 radical (unpaired) electrons. The first-order valence-corrected chi connectivity index (χ1v) is 11.7. The Morgan fingerprint density at radius 2 is 1.90 bits per heavy atom. The van der Waals surface area contributed by atoms with Crippen molar-refractivity contribution in [3.05, 3.63) is 57.4 Å². The number of aryl methyl sites for hydroxylation is 1. The molecule has 2 amide bonds. The smallest absolute Gasteiger partial charge is 0.265 e.